The first-order valence-corrected chi connectivity index (χ1v) is 9.79. The summed E-state index contributed by atoms with van der Waals surface area (Å²) in [5.74, 6) is -1.60. The Kier molecular flexibility index (Phi) is 5.48. The SMILES string of the molecule is O=C(CC1CC1)ON(Cc1ccc(-c2noc(C(F)(F)F)n2)cc1)C(=O)CC1CC1. The van der Waals surface area contributed by atoms with Crippen LogP contribution in [-0.2, 0) is 27.1 Å². The van der Waals surface area contributed by atoms with E-state index in [1.54, 1.807) is 12.1 Å². The van der Waals surface area contributed by atoms with Gasteiger partial charge in [-0.1, -0.05) is 29.4 Å². The quantitative estimate of drug-likeness (QED) is 0.622. The van der Waals surface area contributed by atoms with Gasteiger partial charge >= 0.3 is 18.0 Å². The summed E-state index contributed by atoms with van der Waals surface area (Å²) >= 11 is 0. The fourth-order valence-corrected chi connectivity index (χ4v) is 2.94. The molecular formula is C20H20F3N3O4. The Balaban J connectivity index is 1.43. The standard InChI is InChI=1S/C20H20F3N3O4/c21-20(22,23)19-24-18(25-29-19)15-7-5-14(6-8-15)11-26(16(27)9-12-1-2-12)30-17(28)10-13-3-4-13/h5-8,12-13H,1-4,9-11H2. The van der Waals surface area contributed by atoms with E-state index in [1.165, 1.54) is 12.1 Å². The van der Waals surface area contributed by atoms with Crippen LogP contribution in [0.15, 0.2) is 28.8 Å². The molecule has 160 valence electrons. The molecule has 4 rings (SSSR count). The van der Waals surface area contributed by atoms with Crippen molar-refractivity contribution in [2.24, 2.45) is 11.8 Å². The third-order valence-corrected chi connectivity index (χ3v) is 5.01. The first-order chi connectivity index (χ1) is 14.3. The molecule has 2 aromatic rings. The maximum Gasteiger partial charge on any atom is 0.471 e. The van der Waals surface area contributed by atoms with Gasteiger partial charge in [0.15, 0.2) is 0 Å². The average Bonchev–Trinajstić information content (AvgIpc) is 3.61. The Hall–Kier alpha value is -2.91. The van der Waals surface area contributed by atoms with E-state index >= 15 is 0 Å². The number of alkyl halides is 3. The molecule has 10 heteroatoms. The lowest BCUT2D eigenvalue weighted by molar-refractivity contribution is -0.201. The number of amides is 1. The fraction of sp³-hybridized carbons (Fsp3) is 0.500. The average molecular weight is 423 g/mol. The zero-order valence-corrected chi connectivity index (χ0v) is 16.0. The number of hydrogen-bond acceptors (Lipinski definition) is 6. The number of hydroxylamine groups is 2. The van der Waals surface area contributed by atoms with Gasteiger partial charge in [0.2, 0.25) is 5.82 Å². The summed E-state index contributed by atoms with van der Waals surface area (Å²) in [6.07, 6.45) is -0.0946. The molecule has 0 saturated heterocycles. The van der Waals surface area contributed by atoms with Crippen molar-refractivity contribution in [3.63, 3.8) is 0 Å². The molecule has 2 saturated carbocycles. The molecular weight excluding hydrogens is 403 g/mol. The van der Waals surface area contributed by atoms with Crippen LogP contribution in [0.3, 0.4) is 0 Å². The summed E-state index contributed by atoms with van der Waals surface area (Å²) in [7, 11) is 0. The van der Waals surface area contributed by atoms with Crippen LogP contribution in [0.25, 0.3) is 11.4 Å². The molecule has 0 spiro atoms. The van der Waals surface area contributed by atoms with Crippen LogP contribution in [0.2, 0.25) is 0 Å². The highest BCUT2D eigenvalue weighted by Crippen LogP contribution is 2.34. The van der Waals surface area contributed by atoms with E-state index in [-0.39, 0.29) is 18.3 Å². The van der Waals surface area contributed by atoms with E-state index in [0.717, 1.165) is 30.7 Å². The van der Waals surface area contributed by atoms with E-state index in [1.807, 2.05) is 0 Å². The Morgan fingerprint density at radius 1 is 1.07 bits per heavy atom. The second kappa shape index (κ2) is 8.08. The van der Waals surface area contributed by atoms with Crippen LogP contribution < -0.4 is 0 Å². The minimum Gasteiger partial charge on any atom is -0.338 e. The van der Waals surface area contributed by atoms with Gasteiger partial charge in [-0.25, -0.2) is 4.79 Å². The number of aromatic nitrogens is 2. The van der Waals surface area contributed by atoms with Crippen LogP contribution in [0.1, 0.15) is 50.0 Å². The maximum atomic E-state index is 12.6. The van der Waals surface area contributed by atoms with Gasteiger partial charge in [-0.05, 0) is 43.1 Å². The van der Waals surface area contributed by atoms with Crippen molar-refractivity contribution >= 4 is 11.9 Å². The summed E-state index contributed by atoms with van der Waals surface area (Å²) in [4.78, 5) is 33.3. The molecule has 30 heavy (non-hydrogen) atoms. The summed E-state index contributed by atoms with van der Waals surface area (Å²) in [6, 6.07) is 6.28. The minimum atomic E-state index is -4.71. The first kappa shape index (κ1) is 20.4. The van der Waals surface area contributed by atoms with Crippen molar-refractivity contribution in [2.45, 2.75) is 51.2 Å². The molecule has 1 amide bonds. The molecule has 0 radical (unpaired) electrons. The third kappa shape index (κ3) is 5.37. The molecule has 0 aliphatic heterocycles. The lowest BCUT2D eigenvalue weighted by atomic mass is 10.1. The van der Waals surface area contributed by atoms with Crippen molar-refractivity contribution in [2.75, 3.05) is 0 Å². The van der Waals surface area contributed by atoms with Gasteiger partial charge in [-0.3, -0.25) is 4.79 Å². The van der Waals surface area contributed by atoms with Gasteiger partial charge in [0, 0.05) is 12.0 Å². The molecule has 0 unspecified atom stereocenters. The number of carbonyl (C=O) groups excluding carboxylic acids is 2. The zero-order chi connectivity index (χ0) is 21.3. The fourth-order valence-electron chi connectivity index (χ4n) is 2.94. The van der Waals surface area contributed by atoms with E-state index < -0.39 is 18.0 Å². The van der Waals surface area contributed by atoms with E-state index in [0.29, 0.717) is 35.8 Å². The van der Waals surface area contributed by atoms with Crippen molar-refractivity contribution < 1.29 is 32.1 Å². The molecule has 2 aliphatic carbocycles. The van der Waals surface area contributed by atoms with Crippen LogP contribution in [0.4, 0.5) is 13.2 Å². The predicted molar refractivity (Wildman–Crippen MR) is 96.1 cm³/mol. The number of carbonyl (C=O) groups is 2. The summed E-state index contributed by atoms with van der Waals surface area (Å²) < 4.78 is 42.1. The van der Waals surface area contributed by atoms with Crippen molar-refractivity contribution in [1.29, 1.82) is 0 Å². The van der Waals surface area contributed by atoms with Gasteiger partial charge < -0.3 is 9.36 Å². The number of rotatable bonds is 7. The maximum absolute atomic E-state index is 12.6. The lowest BCUT2D eigenvalue weighted by Crippen LogP contribution is -2.33. The summed E-state index contributed by atoms with van der Waals surface area (Å²) in [6.45, 7) is 0.0578. The van der Waals surface area contributed by atoms with Gasteiger partial charge in [0.25, 0.3) is 5.91 Å². The number of benzene rings is 1. The molecule has 7 nitrogen and oxygen atoms in total. The van der Waals surface area contributed by atoms with Crippen LogP contribution in [0.5, 0.6) is 0 Å². The highest BCUT2D eigenvalue weighted by Gasteiger charge is 2.38. The topological polar surface area (TPSA) is 85.5 Å². The Bertz CT molecular complexity index is 918. The van der Waals surface area contributed by atoms with Gasteiger partial charge in [-0.2, -0.15) is 23.2 Å². The molecule has 0 N–H and O–H groups in total. The molecule has 2 fully saturated rings. The summed E-state index contributed by atoms with van der Waals surface area (Å²) in [5.41, 5.74) is 0.987. The van der Waals surface area contributed by atoms with Crippen LogP contribution >= 0.6 is 0 Å². The normalized spacial score (nSPS) is 16.4. The van der Waals surface area contributed by atoms with E-state index in [4.69, 9.17) is 4.84 Å². The summed E-state index contributed by atoms with van der Waals surface area (Å²) in [5, 5.41) is 4.44. The van der Waals surface area contributed by atoms with Crippen molar-refractivity contribution in [3.05, 3.63) is 35.7 Å². The Labute approximate surface area is 170 Å². The van der Waals surface area contributed by atoms with Crippen molar-refractivity contribution in [3.8, 4) is 11.4 Å². The third-order valence-electron chi connectivity index (χ3n) is 5.01. The van der Waals surface area contributed by atoms with Crippen molar-refractivity contribution in [1.82, 2.24) is 15.2 Å². The van der Waals surface area contributed by atoms with E-state index in [9.17, 15) is 22.8 Å². The Morgan fingerprint density at radius 3 is 2.27 bits per heavy atom. The molecule has 1 aromatic carbocycles. The number of halogens is 3. The molecule has 0 bridgehead atoms. The smallest absolute Gasteiger partial charge is 0.338 e. The second-order valence-corrected chi connectivity index (χ2v) is 7.81. The van der Waals surface area contributed by atoms with Gasteiger partial charge in [0.05, 0.1) is 13.0 Å². The Morgan fingerprint density at radius 2 is 1.70 bits per heavy atom. The van der Waals surface area contributed by atoms with Crippen LogP contribution in [0, 0.1) is 11.8 Å². The predicted octanol–water partition coefficient (Wildman–Crippen LogP) is 4.14. The lowest BCUT2D eigenvalue weighted by Gasteiger charge is -2.21. The van der Waals surface area contributed by atoms with Crippen LogP contribution in [-0.4, -0.2) is 27.1 Å². The van der Waals surface area contributed by atoms with E-state index in [2.05, 4.69) is 14.7 Å². The minimum absolute atomic E-state index is 0.0578. The largest absolute Gasteiger partial charge is 0.471 e. The molecule has 2 aliphatic rings. The van der Waals surface area contributed by atoms with Gasteiger partial charge in [0.1, 0.15) is 0 Å². The molecule has 0 atom stereocenters. The second-order valence-electron chi connectivity index (χ2n) is 7.81. The molecule has 1 heterocycles. The molecule has 1 aromatic heterocycles. The zero-order valence-electron chi connectivity index (χ0n) is 16.0. The highest BCUT2D eigenvalue weighted by molar-refractivity contribution is 5.78. The highest BCUT2D eigenvalue weighted by atomic mass is 19.4. The first-order valence-electron chi connectivity index (χ1n) is 9.79. The number of nitrogens with zero attached hydrogens (tertiary/aromatic N) is 3. The monoisotopic (exact) mass is 423 g/mol. The van der Waals surface area contributed by atoms with Gasteiger partial charge in [-0.15, -0.1) is 0 Å². The number of hydrogen-bond donors (Lipinski definition) is 0.